The molecule has 1 nitrogen and oxygen atoms in total. The summed E-state index contributed by atoms with van der Waals surface area (Å²) in [5.41, 5.74) is 18.4. The fraction of sp³-hybridized carbons (Fsp3) is 0.0526. The van der Waals surface area contributed by atoms with E-state index in [1.807, 2.05) is 11.3 Å². The minimum Gasteiger partial charge on any atom is -0.310 e. The molecule has 2 heteroatoms. The van der Waals surface area contributed by atoms with E-state index in [9.17, 15) is 0 Å². The largest absolute Gasteiger partial charge is 0.310 e. The van der Waals surface area contributed by atoms with Crippen molar-refractivity contribution in [3.05, 3.63) is 223 Å². The molecule has 0 amide bonds. The zero-order chi connectivity index (χ0) is 39.5. The Morgan fingerprint density at radius 2 is 0.797 bits per heavy atom. The number of hydrogen-bond acceptors (Lipinski definition) is 2. The molecule has 0 spiro atoms. The Labute approximate surface area is 350 Å². The number of rotatable bonds is 7. The standard InChI is InChI=1S/C57H41NS/c1-57(2)53-36-44(39-14-7-4-8-15-39)28-34-49(53)50-35-33-47(37-54(50)57)58(45-29-24-41(25-30-45)38-12-5-3-6-13-38)46-31-26-42(27-32-46)40-20-22-43(23-21-40)48-17-11-18-52-51-16-9-10-19-55(51)59-56(48)52/h3-37H,1-2H3. The second-order valence-corrected chi connectivity index (χ2v) is 17.2. The lowest BCUT2D eigenvalue weighted by atomic mass is 9.81. The van der Waals surface area contributed by atoms with Crippen LogP contribution in [0.5, 0.6) is 0 Å². The monoisotopic (exact) mass is 771 g/mol. The van der Waals surface area contributed by atoms with Crippen LogP contribution in [0.1, 0.15) is 25.0 Å². The van der Waals surface area contributed by atoms with Crippen molar-refractivity contribution >= 4 is 48.6 Å². The molecule has 9 aromatic carbocycles. The van der Waals surface area contributed by atoms with E-state index in [1.54, 1.807) is 0 Å². The van der Waals surface area contributed by atoms with Crippen LogP contribution in [-0.2, 0) is 5.41 Å². The highest BCUT2D eigenvalue weighted by molar-refractivity contribution is 7.26. The van der Waals surface area contributed by atoms with E-state index in [0.717, 1.165) is 17.1 Å². The van der Waals surface area contributed by atoms with Gasteiger partial charge in [0.2, 0.25) is 0 Å². The zero-order valence-corrected chi connectivity index (χ0v) is 33.9. The number of benzene rings is 9. The van der Waals surface area contributed by atoms with Crippen LogP contribution in [0.3, 0.4) is 0 Å². The normalized spacial score (nSPS) is 12.7. The second-order valence-electron chi connectivity index (χ2n) is 16.1. The van der Waals surface area contributed by atoms with Crippen LogP contribution in [0, 0.1) is 0 Å². The van der Waals surface area contributed by atoms with Gasteiger partial charge >= 0.3 is 0 Å². The van der Waals surface area contributed by atoms with Gasteiger partial charge in [-0.15, -0.1) is 11.3 Å². The van der Waals surface area contributed by atoms with E-state index < -0.39 is 0 Å². The maximum Gasteiger partial charge on any atom is 0.0465 e. The van der Waals surface area contributed by atoms with Crippen molar-refractivity contribution < 1.29 is 0 Å². The third kappa shape index (κ3) is 6.07. The number of thiophene rings is 1. The summed E-state index contributed by atoms with van der Waals surface area (Å²) in [5.74, 6) is 0. The minimum atomic E-state index is -0.160. The van der Waals surface area contributed by atoms with E-state index in [-0.39, 0.29) is 5.41 Å². The first-order chi connectivity index (χ1) is 29.0. The average molecular weight is 772 g/mol. The molecule has 1 aliphatic carbocycles. The van der Waals surface area contributed by atoms with Crippen molar-refractivity contribution in [1.82, 2.24) is 0 Å². The zero-order valence-electron chi connectivity index (χ0n) is 33.1. The highest BCUT2D eigenvalue weighted by Crippen LogP contribution is 2.52. The molecule has 10 aromatic rings. The third-order valence-electron chi connectivity index (χ3n) is 12.3. The fourth-order valence-corrected chi connectivity index (χ4v) is 10.4. The van der Waals surface area contributed by atoms with Crippen molar-refractivity contribution in [3.8, 4) is 55.6 Å². The second kappa shape index (κ2) is 14.1. The first kappa shape index (κ1) is 35.2. The first-order valence-electron chi connectivity index (χ1n) is 20.4. The Bertz CT molecular complexity index is 3140. The SMILES string of the molecule is CC1(C)c2cc(-c3ccccc3)ccc2-c2ccc(N(c3ccc(-c4ccccc4)cc3)c3ccc(-c4ccc(-c5cccc6c5sc5ccccc56)cc4)cc3)cc21. The Balaban J connectivity index is 0.952. The molecular weight excluding hydrogens is 731 g/mol. The molecule has 0 unspecified atom stereocenters. The number of anilines is 3. The summed E-state index contributed by atoms with van der Waals surface area (Å²) in [6, 6.07) is 77.9. The topological polar surface area (TPSA) is 3.24 Å². The highest BCUT2D eigenvalue weighted by Gasteiger charge is 2.36. The van der Waals surface area contributed by atoms with Gasteiger partial charge in [0.15, 0.2) is 0 Å². The number of hydrogen-bond donors (Lipinski definition) is 0. The molecule has 0 atom stereocenters. The average Bonchev–Trinajstić information content (AvgIpc) is 3.79. The van der Waals surface area contributed by atoms with E-state index in [2.05, 4.69) is 231 Å². The van der Waals surface area contributed by atoms with Gasteiger partial charge in [-0.05, 0) is 115 Å². The molecule has 280 valence electrons. The number of fused-ring (bicyclic) bond motifs is 6. The predicted octanol–water partition coefficient (Wildman–Crippen LogP) is 16.5. The van der Waals surface area contributed by atoms with Gasteiger partial charge in [-0.3, -0.25) is 0 Å². The molecular formula is C57H41NS. The molecule has 0 radical (unpaired) electrons. The van der Waals surface area contributed by atoms with E-state index >= 15 is 0 Å². The molecule has 0 bridgehead atoms. The Morgan fingerprint density at radius 1 is 0.339 bits per heavy atom. The molecule has 0 fully saturated rings. The van der Waals surface area contributed by atoms with Crippen molar-refractivity contribution in [1.29, 1.82) is 0 Å². The minimum absolute atomic E-state index is 0.160. The molecule has 1 aliphatic rings. The van der Waals surface area contributed by atoms with Crippen LogP contribution < -0.4 is 4.90 Å². The van der Waals surface area contributed by atoms with Crippen LogP contribution in [0.4, 0.5) is 17.1 Å². The molecule has 1 heterocycles. The first-order valence-corrected chi connectivity index (χ1v) is 21.2. The van der Waals surface area contributed by atoms with E-state index in [4.69, 9.17) is 0 Å². The van der Waals surface area contributed by atoms with Crippen molar-refractivity contribution in [2.45, 2.75) is 19.3 Å². The fourth-order valence-electron chi connectivity index (χ4n) is 9.18. The van der Waals surface area contributed by atoms with Gasteiger partial charge in [0, 0.05) is 42.6 Å². The van der Waals surface area contributed by atoms with Gasteiger partial charge in [0.1, 0.15) is 0 Å². The third-order valence-corrected chi connectivity index (χ3v) is 13.5. The lowest BCUT2D eigenvalue weighted by molar-refractivity contribution is 0.660. The lowest BCUT2D eigenvalue weighted by Crippen LogP contribution is -2.16. The molecule has 11 rings (SSSR count). The van der Waals surface area contributed by atoms with Crippen molar-refractivity contribution in [3.63, 3.8) is 0 Å². The maximum atomic E-state index is 2.42. The van der Waals surface area contributed by atoms with Crippen LogP contribution in [-0.4, -0.2) is 0 Å². The van der Waals surface area contributed by atoms with E-state index in [1.165, 1.54) is 86.9 Å². The molecule has 59 heavy (non-hydrogen) atoms. The Morgan fingerprint density at radius 3 is 1.44 bits per heavy atom. The summed E-state index contributed by atoms with van der Waals surface area (Å²) in [4.78, 5) is 2.40. The number of nitrogens with zero attached hydrogens (tertiary/aromatic N) is 1. The molecule has 0 N–H and O–H groups in total. The summed E-state index contributed by atoms with van der Waals surface area (Å²) >= 11 is 1.88. The molecule has 1 aromatic heterocycles. The van der Waals surface area contributed by atoms with Crippen molar-refractivity contribution in [2.75, 3.05) is 4.90 Å². The van der Waals surface area contributed by atoms with Gasteiger partial charge < -0.3 is 4.90 Å². The Kier molecular flexibility index (Phi) is 8.43. The van der Waals surface area contributed by atoms with Crippen LogP contribution in [0.2, 0.25) is 0 Å². The summed E-state index contributed by atoms with van der Waals surface area (Å²) in [6.45, 7) is 4.75. The predicted molar refractivity (Wildman–Crippen MR) is 253 cm³/mol. The molecule has 0 saturated carbocycles. The van der Waals surface area contributed by atoms with Gasteiger partial charge in [0.05, 0.1) is 0 Å². The van der Waals surface area contributed by atoms with E-state index in [0.29, 0.717) is 0 Å². The molecule has 0 aliphatic heterocycles. The summed E-state index contributed by atoms with van der Waals surface area (Å²) in [6.07, 6.45) is 0. The highest BCUT2D eigenvalue weighted by atomic mass is 32.1. The van der Waals surface area contributed by atoms with Crippen molar-refractivity contribution in [2.24, 2.45) is 0 Å². The van der Waals surface area contributed by atoms with Crippen LogP contribution in [0.15, 0.2) is 212 Å². The van der Waals surface area contributed by atoms with Crippen LogP contribution in [0.25, 0.3) is 75.8 Å². The summed E-state index contributed by atoms with van der Waals surface area (Å²) < 4.78 is 2.68. The van der Waals surface area contributed by atoms with Gasteiger partial charge in [0.25, 0.3) is 0 Å². The smallest absolute Gasteiger partial charge is 0.0465 e. The maximum absolute atomic E-state index is 2.42. The Hall–Kier alpha value is -7.00. The quantitative estimate of drug-likeness (QED) is 0.156. The molecule has 0 saturated heterocycles. The van der Waals surface area contributed by atoms with Gasteiger partial charge in [-0.1, -0.05) is 178 Å². The van der Waals surface area contributed by atoms with Crippen LogP contribution >= 0.6 is 11.3 Å². The van der Waals surface area contributed by atoms with Gasteiger partial charge in [-0.2, -0.15) is 0 Å². The lowest BCUT2D eigenvalue weighted by Gasteiger charge is -2.28. The summed E-state index contributed by atoms with van der Waals surface area (Å²) in [7, 11) is 0. The van der Waals surface area contributed by atoms with Gasteiger partial charge in [-0.25, -0.2) is 0 Å². The summed E-state index contributed by atoms with van der Waals surface area (Å²) in [5, 5.41) is 2.66.